The van der Waals surface area contributed by atoms with Gasteiger partial charge in [-0.25, -0.2) is 4.39 Å². The highest BCUT2D eigenvalue weighted by Gasteiger charge is 2.18. The summed E-state index contributed by atoms with van der Waals surface area (Å²) in [6.07, 6.45) is 3.12. The molecular weight excluding hydrogens is 412 g/mol. The first-order valence-corrected chi connectivity index (χ1v) is 7.75. The van der Waals surface area contributed by atoms with Crippen LogP contribution in [0.15, 0.2) is 17.1 Å². The predicted octanol–water partition coefficient (Wildman–Crippen LogP) is 2.52. The maximum Gasteiger partial charge on any atom is 0.193 e. The van der Waals surface area contributed by atoms with Gasteiger partial charge in [0.2, 0.25) is 0 Å². The van der Waals surface area contributed by atoms with E-state index < -0.39 is 0 Å². The minimum atomic E-state index is -0.244. The third-order valence-corrected chi connectivity index (χ3v) is 4.05. The number of ether oxygens (including phenoxy) is 2. The number of fused-ring (bicyclic) bond motifs is 1. The molecule has 7 heteroatoms. The molecule has 2 aliphatic heterocycles. The van der Waals surface area contributed by atoms with Crippen LogP contribution in [0.3, 0.4) is 0 Å². The number of benzene rings is 1. The van der Waals surface area contributed by atoms with E-state index in [1.165, 1.54) is 18.9 Å². The van der Waals surface area contributed by atoms with Gasteiger partial charge in [-0.05, 0) is 37.0 Å². The molecule has 0 amide bonds. The van der Waals surface area contributed by atoms with E-state index in [4.69, 9.17) is 9.47 Å². The number of nitrogens with one attached hydrogen (secondary N) is 1. The van der Waals surface area contributed by atoms with Crippen molar-refractivity contribution < 1.29 is 13.9 Å². The molecule has 0 spiro atoms. The first kappa shape index (κ1) is 18.3. The van der Waals surface area contributed by atoms with Crippen molar-refractivity contribution in [1.82, 2.24) is 10.2 Å². The van der Waals surface area contributed by atoms with E-state index in [-0.39, 0.29) is 36.6 Å². The minimum absolute atomic E-state index is 0. The maximum absolute atomic E-state index is 13.7. The summed E-state index contributed by atoms with van der Waals surface area (Å²) in [5.74, 6) is 1.45. The highest BCUT2D eigenvalue weighted by molar-refractivity contribution is 14.0. The Bertz CT molecular complexity index is 563. The van der Waals surface area contributed by atoms with Crippen LogP contribution in [0, 0.1) is 5.82 Å². The topological polar surface area (TPSA) is 46.1 Å². The minimum Gasteiger partial charge on any atom is -0.467 e. The molecule has 0 atom stereocenters. The first-order chi connectivity index (χ1) is 10.8. The average Bonchev–Trinajstić information content (AvgIpc) is 3.05. The molecule has 2 aliphatic rings. The Morgan fingerprint density at radius 2 is 2.13 bits per heavy atom. The van der Waals surface area contributed by atoms with Gasteiger partial charge in [-0.2, -0.15) is 0 Å². The van der Waals surface area contributed by atoms with Crippen LogP contribution in [-0.4, -0.2) is 44.3 Å². The van der Waals surface area contributed by atoms with Gasteiger partial charge < -0.3 is 19.7 Å². The Balaban J connectivity index is 0.00000192. The largest absolute Gasteiger partial charge is 0.467 e. The third kappa shape index (κ3) is 4.47. The van der Waals surface area contributed by atoms with E-state index in [9.17, 15) is 4.39 Å². The Hall–Kier alpha value is -1.09. The lowest BCUT2D eigenvalue weighted by molar-refractivity contribution is -0.0172. The molecule has 128 valence electrons. The summed E-state index contributed by atoms with van der Waals surface area (Å²) in [5, 5.41) is 3.35. The van der Waals surface area contributed by atoms with Crippen LogP contribution < -0.4 is 10.1 Å². The lowest BCUT2D eigenvalue weighted by Gasteiger charge is -2.23. The molecule has 2 heterocycles. The van der Waals surface area contributed by atoms with Gasteiger partial charge in [0.1, 0.15) is 11.6 Å². The highest BCUT2D eigenvalue weighted by atomic mass is 127. The van der Waals surface area contributed by atoms with Crippen molar-refractivity contribution in [3.05, 3.63) is 29.1 Å². The molecule has 1 saturated heterocycles. The molecule has 0 radical (unpaired) electrons. The number of nitrogens with zero attached hydrogens (tertiary/aromatic N) is 2. The lowest BCUT2D eigenvalue weighted by atomic mass is 10.1. The van der Waals surface area contributed by atoms with Crippen LogP contribution in [0.2, 0.25) is 0 Å². The van der Waals surface area contributed by atoms with E-state index >= 15 is 0 Å². The van der Waals surface area contributed by atoms with Crippen LogP contribution in [0.4, 0.5) is 4.39 Å². The molecule has 0 bridgehead atoms. The Morgan fingerprint density at radius 3 is 2.87 bits per heavy atom. The monoisotopic (exact) mass is 435 g/mol. The van der Waals surface area contributed by atoms with Crippen LogP contribution in [-0.2, 0) is 17.8 Å². The molecule has 23 heavy (non-hydrogen) atoms. The number of hydrogen-bond donors (Lipinski definition) is 1. The number of guanidine groups is 1. The van der Waals surface area contributed by atoms with E-state index in [1.54, 1.807) is 13.1 Å². The number of hydrogen-bond acceptors (Lipinski definition) is 3. The summed E-state index contributed by atoms with van der Waals surface area (Å²) >= 11 is 0. The Morgan fingerprint density at radius 1 is 1.35 bits per heavy atom. The van der Waals surface area contributed by atoms with Crippen LogP contribution in [0.5, 0.6) is 5.75 Å². The fraction of sp³-hybridized carbons (Fsp3) is 0.562. The molecule has 0 aromatic heterocycles. The number of rotatable bonds is 3. The molecule has 0 saturated carbocycles. The molecule has 1 aromatic rings. The molecule has 1 N–H and O–H groups in total. The Labute approximate surface area is 153 Å². The molecule has 1 fully saturated rings. The van der Waals surface area contributed by atoms with Gasteiger partial charge in [0.15, 0.2) is 12.8 Å². The van der Waals surface area contributed by atoms with Crippen molar-refractivity contribution in [2.45, 2.75) is 25.9 Å². The zero-order chi connectivity index (χ0) is 15.4. The second-order valence-electron chi connectivity index (χ2n) is 5.58. The second kappa shape index (κ2) is 8.68. The number of aliphatic imine (C=N–C) groups is 1. The molecular formula is C16H23FIN3O2. The summed E-state index contributed by atoms with van der Waals surface area (Å²) < 4.78 is 24.4. The van der Waals surface area contributed by atoms with Crippen molar-refractivity contribution in [1.29, 1.82) is 0 Å². The van der Waals surface area contributed by atoms with E-state index in [1.807, 2.05) is 0 Å². The van der Waals surface area contributed by atoms with Gasteiger partial charge in [-0.1, -0.05) is 0 Å². The predicted molar refractivity (Wildman–Crippen MR) is 98.0 cm³/mol. The molecule has 0 unspecified atom stereocenters. The van der Waals surface area contributed by atoms with Crippen LogP contribution in [0.25, 0.3) is 0 Å². The third-order valence-electron chi connectivity index (χ3n) is 4.05. The molecule has 0 aliphatic carbocycles. The van der Waals surface area contributed by atoms with Crippen molar-refractivity contribution in [2.24, 2.45) is 4.99 Å². The van der Waals surface area contributed by atoms with Crippen molar-refractivity contribution in [3.63, 3.8) is 0 Å². The molecule has 3 rings (SSSR count). The van der Waals surface area contributed by atoms with Gasteiger partial charge in [0, 0.05) is 32.2 Å². The quantitative estimate of drug-likeness (QED) is 0.451. The van der Waals surface area contributed by atoms with Gasteiger partial charge in [0.05, 0.1) is 6.61 Å². The first-order valence-electron chi connectivity index (χ1n) is 7.75. The zero-order valence-corrected chi connectivity index (χ0v) is 15.6. The van der Waals surface area contributed by atoms with Gasteiger partial charge in [-0.3, -0.25) is 4.99 Å². The maximum atomic E-state index is 13.7. The SMILES string of the molecule is CN=C(NCCc1cc(F)cc2c1OCOC2)N1CCCC1.I. The van der Waals surface area contributed by atoms with Gasteiger partial charge in [0.25, 0.3) is 0 Å². The fourth-order valence-corrected chi connectivity index (χ4v) is 3.01. The van der Waals surface area contributed by atoms with Crippen molar-refractivity contribution in [3.8, 4) is 5.75 Å². The summed E-state index contributed by atoms with van der Waals surface area (Å²) in [6.45, 7) is 3.44. The highest BCUT2D eigenvalue weighted by Crippen LogP contribution is 2.29. The number of likely N-dealkylation sites (tertiary alicyclic amines) is 1. The standard InChI is InChI=1S/C16H22FN3O2.HI/c1-18-16(20-6-2-3-7-20)19-5-4-12-8-14(17)9-13-10-21-11-22-15(12)13;/h8-9H,2-7,10-11H2,1H3,(H,18,19);1H. The lowest BCUT2D eigenvalue weighted by Crippen LogP contribution is -2.40. The van der Waals surface area contributed by atoms with E-state index in [0.717, 1.165) is 35.9 Å². The van der Waals surface area contributed by atoms with Gasteiger partial charge in [-0.15, -0.1) is 24.0 Å². The van der Waals surface area contributed by atoms with Gasteiger partial charge >= 0.3 is 0 Å². The normalized spacial score (nSPS) is 17.3. The zero-order valence-electron chi connectivity index (χ0n) is 13.3. The number of halogens is 2. The molecule has 5 nitrogen and oxygen atoms in total. The summed E-state index contributed by atoms with van der Waals surface area (Å²) in [6, 6.07) is 3.03. The average molecular weight is 435 g/mol. The summed E-state index contributed by atoms with van der Waals surface area (Å²) in [5.41, 5.74) is 1.66. The Kier molecular flexibility index (Phi) is 6.88. The van der Waals surface area contributed by atoms with E-state index in [2.05, 4.69) is 15.2 Å². The second-order valence-corrected chi connectivity index (χ2v) is 5.58. The van der Waals surface area contributed by atoms with Crippen molar-refractivity contribution in [2.75, 3.05) is 33.5 Å². The van der Waals surface area contributed by atoms with E-state index in [0.29, 0.717) is 19.6 Å². The molecule has 1 aromatic carbocycles. The fourth-order valence-electron chi connectivity index (χ4n) is 3.01. The van der Waals surface area contributed by atoms with Crippen LogP contribution in [0.1, 0.15) is 24.0 Å². The van der Waals surface area contributed by atoms with Crippen LogP contribution >= 0.6 is 24.0 Å². The summed E-state index contributed by atoms with van der Waals surface area (Å²) in [4.78, 5) is 6.57. The van der Waals surface area contributed by atoms with Crippen molar-refractivity contribution >= 4 is 29.9 Å². The summed E-state index contributed by atoms with van der Waals surface area (Å²) in [7, 11) is 1.80. The smallest absolute Gasteiger partial charge is 0.193 e.